The van der Waals surface area contributed by atoms with Crippen LogP contribution in [0.5, 0.6) is 0 Å². The molecule has 198 valence electrons. The van der Waals surface area contributed by atoms with E-state index in [9.17, 15) is 17.2 Å². The first-order valence-corrected chi connectivity index (χ1v) is 14.0. The van der Waals surface area contributed by atoms with E-state index in [0.29, 0.717) is 52.9 Å². The van der Waals surface area contributed by atoms with E-state index in [1.165, 1.54) is 38.1 Å². The van der Waals surface area contributed by atoms with Crippen LogP contribution < -0.4 is 9.80 Å². The van der Waals surface area contributed by atoms with E-state index in [1.807, 2.05) is 4.90 Å². The normalized spacial score (nSPS) is 17.4. The van der Waals surface area contributed by atoms with E-state index in [0.717, 1.165) is 29.3 Å². The minimum atomic E-state index is -4.11. The number of anilines is 2. The fourth-order valence-electron chi connectivity index (χ4n) is 5.10. The third-order valence-electron chi connectivity index (χ3n) is 7.30. The van der Waals surface area contributed by atoms with Gasteiger partial charge in [0, 0.05) is 19.6 Å². The maximum Gasteiger partial charge on any atom is 0.283 e. The average Bonchev–Trinajstić information content (AvgIpc) is 3.52. The summed E-state index contributed by atoms with van der Waals surface area (Å²) in [7, 11) is -4.11. The van der Waals surface area contributed by atoms with Gasteiger partial charge in [0.2, 0.25) is 5.95 Å². The maximum atomic E-state index is 14.4. The summed E-state index contributed by atoms with van der Waals surface area (Å²) in [5, 5.41) is 5.58. The van der Waals surface area contributed by atoms with Gasteiger partial charge in [-0.15, -0.1) is 5.10 Å². The Balaban J connectivity index is 1.40. The van der Waals surface area contributed by atoms with E-state index in [1.54, 1.807) is 18.2 Å². The number of halogens is 3. The minimum Gasteiger partial charge on any atom is -0.345 e. The SMILES string of the molecule is CC(C)(F)c1ccc(S(=O)(=O)n2nc(N3CCN(c4ncc(F)cn4)CC34CC4)c3c(Cl)cccc32)cc1. The molecule has 2 aromatic carbocycles. The van der Waals surface area contributed by atoms with Crippen molar-refractivity contribution in [2.75, 3.05) is 29.4 Å². The van der Waals surface area contributed by atoms with Crippen LogP contribution in [0.25, 0.3) is 10.9 Å². The van der Waals surface area contributed by atoms with Crippen molar-refractivity contribution >= 4 is 44.3 Å². The molecule has 0 radical (unpaired) electrons. The number of piperazine rings is 1. The molecule has 0 unspecified atom stereocenters. The molecule has 2 fully saturated rings. The van der Waals surface area contributed by atoms with Gasteiger partial charge in [0.25, 0.3) is 10.0 Å². The van der Waals surface area contributed by atoms with Gasteiger partial charge in [0.1, 0.15) is 5.67 Å². The second-order valence-electron chi connectivity index (χ2n) is 10.3. The molecule has 1 saturated heterocycles. The number of fused-ring (bicyclic) bond motifs is 1. The zero-order chi connectivity index (χ0) is 26.9. The summed E-state index contributed by atoms with van der Waals surface area (Å²) in [6.45, 7) is 4.49. The van der Waals surface area contributed by atoms with Gasteiger partial charge < -0.3 is 9.80 Å². The van der Waals surface area contributed by atoms with Gasteiger partial charge in [0.15, 0.2) is 11.6 Å². The van der Waals surface area contributed by atoms with Crippen molar-refractivity contribution in [3.63, 3.8) is 0 Å². The number of nitrogens with zero attached hydrogens (tertiary/aromatic N) is 6. The first-order valence-electron chi connectivity index (χ1n) is 12.2. The standard InChI is InChI=1S/C26H25ClF2N6O2S/c1-25(2,29)17-6-8-19(9-7-17)38(36,37)35-21-5-3-4-20(27)22(21)23(32-35)34-13-12-33(16-26(34)10-11-26)24-30-14-18(28)15-31-24/h3-9,14-15H,10-13,16H2,1-2H3. The van der Waals surface area contributed by atoms with Crippen molar-refractivity contribution in [1.82, 2.24) is 19.2 Å². The van der Waals surface area contributed by atoms with Gasteiger partial charge in [-0.25, -0.2) is 18.7 Å². The topological polar surface area (TPSA) is 84.2 Å². The summed E-state index contributed by atoms with van der Waals surface area (Å²) < 4.78 is 56.2. The summed E-state index contributed by atoms with van der Waals surface area (Å²) in [5.74, 6) is 0.450. The van der Waals surface area contributed by atoms with Crippen molar-refractivity contribution in [3.8, 4) is 0 Å². The lowest BCUT2D eigenvalue weighted by Crippen LogP contribution is -2.56. The van der Waals surface area contributed by atoms with Crippen molar-refractivity contribution in [3.05, 3.63) is 71.3 Å². The number of hydrogen-bond donors (Lipinski definition) is 0. The van der Waals surface area contributed by atoms with Crippen LogP contribution in [0, 0.1) is 5.82 Å². The summed E-state index contributed by atoms with van der Waals surface area (Å²) in [6, 6.07) is 10.8. The number of aromatic nitrogens is 4. The third kappa shape index (κ3) is 4.08. The highest BCUT2D eigenvalue weighted by Gasteiger charge is 2.53. The van der Waals surface area contributed by atoms with E-state index >= 15 is 0 Å². The predicted octanol–water partition coefficient (Wildman–Crippen LogP) is 4.92. The summed E-state index contributed by atoms with van der Waals surface area (Å²) in [6.07, 6.45) is 4.04. The molecule has 12 heteroatoms. The lowest BCUT2D eigenvalue weighted by atomic mass is 10.0. The zero-order valence-corrected chi connectivity index (χ0v) is 22.3. The third-order valence-corrected chi connectivity index (χ3v) is 9.21. The molecular formula is C26H25ClF2N6O2S. The first kappa shape index (κ1) is 25.0. The molecule has 3 heterocycles. The molecule has 0 bridgehead atoms. The minimum absolute atomic E-state index is 0.000776. The van der Waals surface area contributed by atoms with Crippen LogP contribution in [-0.4, -0.2) is 52.7 Å². The van der Waals surface area contributed by atoms with Gasteiger partial charge in [-0.2, -0.15) is 12.5 Å². The fourth-order valence-corrected chi connectivity index (χ4v) is 6.63. The van der Waals surface area contributed by atoms with Crippen molar-refractivity contribution in [2.24, 2.45) is 0 Å². The molecular weight excluding hydrogens is 534 g/mol. The van der Waals surface area contributed by atoms with Crippen molar-refractivity contribution in [2.45, 2.75) is 42.8 Å². The average molecular weight is 559 g/mol. The lowest BCUT2D eigenvalue weighted by molar-refractivity contribution is 0.221. The van der Waals surface area contributed by atoms with Crippen LogP contribution in [0.2, 0.25) is 5.02 Å². The smallest absolute Gasteiger partial charge is 0.283 e. The van der Waals surface area contributed by atoms with Gasteiger partial charge >= 0.3 is 0 Å². The molecule has 2 aliphatic rings. The lowest BCUT2D eigenvalue weighted by Gasteiger charge is -2.42. The molecule has 0 N–H and O–H groups in total. The molecule has 1 aliphatic heterocycles. The van der Waals surface area contributed by atoms with Gasteiger partial charge in [-0.1, -0.05) is 29.8 Å². The zero-order valence-electron chi connectivity index (χ0n) is 20.8. The molecule has 6 rings (SSSR count). The molecule has 4 aromatic rings. The Morgan fingerprint density at radius 3 is 2.34 bits per heavy atom. The van der Waals surface area contributed by atoms with E-state index in [2.05, 4.69) is 20.0 Å². The Kier molecular flexibility index (Phi) is 5.66. The van der Waals surface area contributed by atoms with Crippen LogP contribution in [0.4, 0.5) is 20.5 Å². The molecule has 0 amide bonds. The molecule has 2 aromatic heterocycles. The Hall–Kier alpha value is -3.31. The van der Waals surface area contributed by atoms with Crippen molar-refractivity contribution < 1.29 is 17.2 Å². The second kappa shape index (κ2) is 8.60. The largest absolute Gasteiger partial charge is 0.345 e. The quantitative estimate of drug-likeness (QED) is 0.344. The summed E-state index contributed by atoms with van der Waals surface area (Å²) >= 11 is 6.63. The molecule has 1 saturated carbocycles. The highest BCUT2D eigenvalue weighted by atomic mass is 35.5. The fraction of sp³-hybridized carbons (Fsp3) is 0.346. The Morgan fingerprint density at radius 2 is 1.71 bits per heavy atom. The van der Waals surface area contributed by atoms with Crippen LogP contribution >= 0.6 is 11.6 Å². The Morgan fingerprint density at radius 1 is 1.03 bits per heavy atom. The first-order chi connectivity index (χ1) is 18.0. The molecule has 8 nitrogen and oxygen atoms in total. The monoisotopic (exact) mass is 558 g/mol. The highest BCUT2D eigenvalue weighted by Crippen LogP contribution is 2.49. The van der Waals surface area contributed by atoms with Gasteiger partial charge in [-0.05, 0) is 56.5 Å². The maximum absolute atomic E-state index is 14.4. The van der Waals surface area contributed by atoms with Gasteiger partial charge in [-0.3, -0.25) is 0 Å². The van der Waals surface area contributed by atoms with Crippen molar-refractivity contribution in [1.29, 1.82) is 0 Å². The highest BCUT2D eigenvalue weighted by molar-refractivity contribution is 7.90. The summed E-state index contributed by atoms with van der Waals surface area (Å²) in [4.78, 5) is 12.4. The Labute approximate surface area is 223 Å². The molecule has 38 heavy (non-hydrogen) atoms. The molecule has 1 spiro atoms. The molecule has 0 atom stereocenters. The van der Waals surface area contributed by atoms with Crippen LogP contribution in [0.3, 0.4) is 0 Å². The molecule has 1 aliphatic carbocycles. The van der Waals surface area contributed by atoms with E-state index in [4.69, 9.17) is 11.6 Å². The second-order valence-corrected chi connectivity index (χ2v) is 12.5. The summed E-state index contributed by atoms with van der Waals surface area (Å²) in [5.41, 5.74) is -1.15. The van der Waals surface area contributed by atoms with Crippen LogP contribution in [0.15, 0.2) is 59.8 Å². The van der Waals surface area contributed by atoms with E-state index in [-0.39, 0.29) is 10.4 Å². The number of alkyl halides is 1. The van der Waals surface area contributed by atoms with Gasteiger partial charge in [0.05, 0.1) is 38.8 Å². The van der Waals surface area contributed by atoms with Crippen LogP contribution in [-0.2, 0) is 15.7 Å². The van der Waals surface area contributed by atoms with E-state index < -0.39 is 21.5 Å². The number of hydrogen-bond acceptors (Lipinski definition) is 7. The van der Waals surface area contributed by atoms with Crippen LogP contribution in [0.1, 0.15) is 32.3 Å². The Bertz CT molecular complexity index is 1630. The number of benzene rings is 2. The number of rotatable bonds is 5. The predicted molar refractivity (Wildman–Crippen MR) is 141 cm³/mol.